The summed E-state index contributed by atoms with van der Waals surface area (Å²) < 4.78 is 28.5. The van der Waals surface area contributed by atoms with Crippen molar-refractivity contribution in [1.29, 1.82) is 0 Å². The molecule has 0 radical (unpaired) electrons. The van der Waals surface area contributed by atoms with E-state index in [1.807, 2.05) is 0 Å². The molecule has 0 unspecified atom stereocenters. The molecule has 2 aliphatic heterocycles. The molecule has 0 aromatic carbocycles. The molecular formula is C21H31F2N5. The topological polar surface area (TPSA) is 46.0 Å². The Morgan fingerprint density at radius 2 is 2.18 bits per heavy atom. The zero-order valence-corrected chi connectivity index (χ0v) is 16.8. The van der Waals surface area contributed by atoms with Crippen molar-refractivity contribution in [2.75, 3.05) is 25.0 Å². The minimum absolute atomic E-state index is 0.0448. The molecule has 1 N–H and O–H groups in total. The molecule has 154 valence electrons. The van der Waals surface area contributed by atoms with E-state index in [0.29, 0.717) is 23.7 Å². The molecule has 1 aromatic rings. The zero-order chi connectivity index (χ0) is 19.5. The standard InChI is InChI=1S/C21H31F2N5/c1-21(2)15-6-5-13(16(21)8-15)10-27-7-3-4-14(11-27)17-9-18(19(22)23)28-20(26-17)24-12-25-28/h5,12,14-19H,3-4,6-11H2,1-2H3,(H,24,25,26)/t14-,15+,16-,17-,18+/m0/s1. The zero-order valence-electron chi connectivity index (χ0n) is 16.8. The van der Waals surface area contributed by atoms with Crippen LogP contribution in [0.25, 0.3) is 0 Å². The van der Waals surface area contributed by atoms with Crippen LogP contribution in [0.15, 0.2) is 18.0 Å². The predicted octanol–water partition coefficient (Wildman–Crippen LogP) is 3.97. The van der Waals surface area contributed by atoms with Gasteiger partial charge in [-0.1, -0.05) is 25.5 Å². The van der Waals surface area contributed by atoms with Crippen molar-refractivity contribution in [3.63, 3.8) is 0 Å². The van der Waals surface area contributed by atoms with E-state index in [0.717, 1.165) is 44.3 Å². The van der Waals surface area contributed by atoms with Crippen LogP contribution in [0.1, 0.15) is 52.0 Å². The Hall–Kier alpha value is -1.50. The molecule has 2 fully saturated rings. The maximum absolute atomic E-state index is 13.6. The van der Waals surface area contributed by atoms with Crippen molar-refractivity contribution in [3.05, 3.63) is 18.0 Å². The van der Waals surface area contributed by atoms with Crippen LogP contribution in [0.2, 0.25) is 0 Å². The molecule has 3 heterocycles. The van der Waals surface area contributed by atoms with Gasteiger partial charge in [0.15, 0.2) is 0 Å². The normalized spacial score (nSPS) is 37.0. The molecule has 1 saturated heterocycles. The smallest absolute Gasteiger partial charge is 0.260 e. The number of anilines is 1. The lowest BCUT2D eigenvalue weighted by Crippen LogP contribution is -2.51. The van der Waals surface area contributed by atoms with Gasteiger partial charge in [-0.05, 0) is 61.8 Å². The first-order valence-electron chi connectivity index (χ1n) is 10.8. The van der Waals surface area contributed by atoms with E-state index in [9.17, 15) is 8.78 Å². The van der Waals surface area contributed by atoms with E-state index in [4.69, 9.17) is 0 Å². The number of nitrogens with zero attached hydrogens (tertiary/aromatic N) is 4. The number of likely N-dealkylation sites (tertiary alicyclic amines) is 1. The number of rotatable bonds is 4. The van der Waals surface area contributed by atoms with Crippen LogP contribution in [0, 0.1) is 23.2 Å². The third kappa shape index (κ3) is 2.97. The first-order chi connectivity index (χ1) is 13.4. The van der Waals surface area contributed by atoms with Crippen LogP contribution in [-0.4, -0.2) is 51.8 Å². The van der Waals surface area contributed by atoms with Crippen molar-refractivity contribution in [2.45, 2.75) is 64.5 Å². The summed E-state index contributed by atoms with van der Waals surface area (Å²) in [6, 6.07) is -0.823. The summed E-state index contributed by atoms with van der Waals surface area (Å²) in [5, 5.41) is 7.40. The van der Waals surface area contributed by atoms with E-state index in [2.05, 4.69) is 40.2 Å². The lowest BCUT2D eigenvalue weighted by Gasteiger charge is -2.57. The van der Waals surface area contributed by atoms with Crippen molar-refractivity contribution >= 4 is 5.95 Å². The molecule has 1 aromatic heterocycles. The quantitative estimate of drug-likeness (QED) is 0.789. The average Bonchev–Trinajstić information content (AvgIpc) is 3.16. The second kappa shape index (κ2) is 6.78. The maximum Gasteiger partial charge on any atom is 0.260 e. The Morgan fingerprint density at radius 3 is 2.93 bits per heavy atom. The molecule has 0 spiro atoms. The van der Waals surface area contributed by atoms with Crippen LogP contribution < -0.4 is 5.32 Å². The highest BCUT2D eigenvalue weighted by Gasteiger charge is 2.51. The van der Waals surface area contributed by atoms with Gasteiger partial charge in [-0.3, -0.25) is 4.90 Å². The van der Waals surface area contributed by atoms with E-state index in [1.54, 1.807) is 5.57 Å². The number of fused-ring (bicyclic) bond motifs is 2. The summed E-state index contributed by atoms with van der Waals surface area (Å²) in [7, 11) is 0. The molecule has 6 rings (SSSR count). The lowest BCUT2D eigenvalue weighted by molar-refractivity contribution is -0.0121. The molecule has 5 nitrogen and oxygen atoms in total. The summed E-state index contributed by atoms with van der Waals surface area (Å²) in [6.07, 6.45) is 6.68. The van der Waals surface area contributed by atoms with Crippen LogP contribution in [-0.2, 0) is 0 Å². The van der Waals surface area contributed by atoms with Gasteiger partial charge < -0.3 is 5.32 Å². The van der Waals surface area contributed by atoms with Crippen LogP contribution in [0.3, 0.4) is 0 Å². The highest BCUT2D eigenvalue weighted by atomic mass is 19.3. The van der Waals surface area contributed by atoms with E-state index >= 15 is 0 Å². The van der Waals surface area contributed by atoms with Gasteiger partial charge in [0.25, 0.3) is 6.43 Å². The molecule has 1 saturated carbocycles. The van der Waals surface area contributed by atoms with Crippen LogP contribution in [0.5, 0.6) is 0 Å². The fourth-order valence-corrected chi connectivity index (χ4v) is 6.18. The number of nitrogens with one attached hydrogen (secondary N) is 1. The molecule has 0 amide bonds. The molecular weight excluding hydrogens is 360 g/mol. The summed E-state index contributed by atoms with van der Waals surface area (Å²) in [5.41, 5.74) is 2.08. The minimum atomic E-state index is -2.41. The Balaban J connectivity index is 1.26. The average molecular weight is 392 g/mol. The lowest BCUT2D eigenvalue weighted by atomic mass is 9.49. The van der Waals surface area contributed by atoms with Crippen molar-refractivity contribution in [2.24, 2.45) is 23.2 Å². The minimum Gasteiger partial charge on any atom is -0.351 e. The number of aromatic nitrogens is 3. The second-order valence-corrected chi connectivity index (χ2v) is 9.88. The molecule has 28 heavy (non-hydrogen) atoms. The van der Waals surface area contributed by atoms with Crippen LogP contribution in [0.4, 0.5) is 14.7 Å². The Bertz CT molecular complexity index is 758. The first kappa shape index (κ1) is 18.5. The van der Waals surface area contributed by atoms with Gasteiger partial charge >= 0.3 is 0 Å². The van der Waals surface area contributed by atoms with Crippen molar-refractivity contribution in [1.82, 2.24) is 19.7 Å². The number of hydrogen-bond donors (Lipinski definition) is 1. The van der Waals surface area contributed by atoms with E-state index < -0.39 is 12.5 Å². The van der Waals surface area contributed by atoms with Gasteiger partial charge in [0, 0.05) is 19.1 Å². The number of allylic oxidation sites excluding steroid dienone is 1. The Kier molecular flexibility index (Phi) is 4.49. The predicted molar refractivity (Wildman–Crippen MR) is 104 cm³/mol. The number of alkyl halides is 2. The number of hydrogen-bond acceptors (Lipinski definition) is 4. The second-order valence-electron chi connectivity index (χ2n) is 9.88. The fraction of sp³-hybridized carbons (Fsp3) is 0.810. The molecule has 5 aliphatic rings. The van der Waals surface area contributed by atoms with E-state index in [1.165, 1.54) is 23.9 Å². The highest BCUT2D eigenvalue weighted by molar-refractivity contribution is 5.30. The third-order valence-electron chi connectivity index (χ3n) is 8.09. The fourth-order valence-electron chi connectivity index (χ4n) is 6.18. The van der Waals surface area contributed by atoms with Crippen molar-refractivity contribution < 1.29 is 8.78 Å². The Labute approximate surface area is 165 Å². The van der Waals surface area contributed by atoms with E-state index in [-0.39, 0.29) is 6.04 Å². The summed E-state index contributed by atoms with van der Waals surface area (Å²) in [6.45, 7) is 7.99. The largest absolute Gasteiger partial charge is 0.351 e. The van der Waals surface area contributed by atoms with Gasteiger partial charge in [-0.25, -0.2) is 13.5 Å². The van der Waals surface area contributed by atoms with Gasteiger partial charge in [0.2, 0.25) is 5.95 Å². The molecule has 2 bridgehead atoms. The summed E-state index contributed by atoms with van der Waals surface area (Å²) in [5.74, 6) is 2.48. The molecule has 3 aliphatic carbocycles. The Morgan fingerprint density at radius 1 is 1.32 bits per heavy atom. The summed E-state index contributed by atoms with van der Waals surface area (Å²) in [4.78, 5) is 6.73. The SMILES string of the molecule is CC1(C)[C@@H]2CC=C(CN3CCC[C@H]([C@@H]4C[C@H](C(F)F)n5ncnc5N4)C3)[C@@H]1C2. The highest BCUT2D eigenvalue weighted by Crippen LogP contribution is 2.59. The maximum atomic E-state index is 13.6. The van der Waals surface area contributed by atoms with Gasteiger partial charge in [0.05, 0.1) is 0 Å². The molecule has 5 atom stereocenters. The number of halogens is 2. The van der Waals surface area contributed by atoms with Gasteiger partial charge in [0.1, 0.15) is 12.4 Å². The van der Waals surface area contributed by atoms with Crippen molar-refractivity contribution in [3.8, 4) is 0 Å². The monoisotopic (exact) mass is 391 g/mol. The third-order valence-corrected chi connectivity index (χ3v) is 8.09. The van der Waals surface area contributed by atoms with Gasteiger partial charge in [-0.15, -0.1) is 0 Å². The molecule has 7 heteroatoms. The van der Waals surface area contributed by atoms with Gasteiger partial charge in [-0.2, -0.15) is 10.1 Å². The number of piperidine rings is 1. The first-order valence-corrected chi connectivity index (χ1v) is 10.8. The summed E-state index contributed by atoms with van der Waals surface area (Å²) >= 11 is 0. The van der Waals surface area contributed by atoms with Crippen LogP contribution >= 0.6 is 0 Å².